The summed E-state index contributed by atoms with van der Waals surface area (Å²) in [5.74, 6) is 0. The first-order valence-electron chi connectivity index (χ1n) is 7.05. The second-order valence-electron chi connectivity index (χ2n) is 4.81. The zero-order valence-electron chi connectivity index (χ0n) is 12.7. The predicted molar refractivity (Wildman–Crippen MR) is 78.6 cm³/mol. The number of hydrogen-bond donors (Lipinski definition) is 1. The van der Waals surface area contributed by atoms with Crippen molar-refractivity contribution in [2.75, 3.05) is 33.5 Å². The number of aromatic nitrogens is 1. The maximum Gasteiger partial charge on any atom is 0.0889 e. The first-order valence-corrected chi connectivity index (χ1v) is 7.05. The van der Waals surface area contributed by atoms with Gasteiger partial charge in [-0.2, -0.15) is 0 Å². The first kappa shape index (κ1) is 17.0. The molecule has 0 saturated carbocycles. The molecule has 1 aromatic heterocycles. The molecule has 20 heavy (non-hydrogen) atoms. The molecule has 0 saturated heterocycles. The molecular formula is C15H26N2O3. The predicted octanol–water partition coefficient (Wildman–Crippen LogP) is 1.76. The largest absolute Gasteiger partial charge is 0.382 e. The summed E-state index contributed by atoms with van der Waals surface area (Å²) in [5.41, 5.74) is 1.99. The first-order chi connectivity index (χ1) is 9.72. The van der Waals surface area contributed by atoms with Gasteiger partial charge < -0.3 is 19.5 Å². The summed E-state index contributed by atoms with van der Waals surface area (Å²) >= 11 is 0. The average molecular weight is 282 g/mol. The lowest BCUT2D eigenvalue weighted by molar-refractivity contribution is 0.0192. The highest BCUT2D eigenvalue weighted by Crippen LogP contribution is 2.01. The van der Waals surface area contributed by atoms with Crippen molar-refractivity contribution in [1.29, 1.82) is 0 Å². The van der Waals surface area contributed by atoms with E-state index in [9.17, 15) is 0 Å². The van der Waals surface area contributed by atoms with E-state index in [2.05, 4.69) is 24.1 Å². The molecule has 0 bridgehead atoms. The Bertz CT molecular complexity index is 359. The monoisotopic (exact) mass is 282 g/mol. The van der Waals surface area contributed by atoms with Gasteiger partial charge >= 0.3 is 0 Å². The zero-order valence-corrected chi connectivity index (χ0v) is 12.7. The molecule has 0 atom stereocenters. The van der Waals surface area contributed by atoms with E-state index in [-0.39, 0.29) is 0 Å². The lowest BCUT2D eigenvalue weighted by Gasteiger charge is -2.09. The Balaban J connectivity index is 2.18. The van der Waals surface area contributed by atoms with Crippen LogP contribution in [0.1, 0.15) is 25.2 Å². The third-order valence-corrected chi connectivity index (χ3v) is 2.61. The van der Waals surface area contributed by atoms with Gasteiger partial charge in [0, 0.05) is 19.7 Å². The van der Waals surface area contributed by atoms with Crippen LogP contribution in [0, 0.1) is 0 Å². The van der Waals surface area contributed by atoms with Crippen molar-refractivity contribution in [3.8, 4) is 0 Å². The van der Waals surface area contributed by atoms with E-state index < -0.39 is 0 Å². The van der Waals surface area contributed by atoms with Gasteiger partial charge in [-0.3, -0.25) is 4.98 Å². The minimum absolute atomic E-state index is 0.459. The molecule has 1 heterocycles. The summed E-state index contributed by atoms with van der Waals surface area (Å²) in [6.07, 6.45) is 0. The summed E-state index contributed by atoms with van der Waals surface area (Å²) in [6.45, 7) is 7.92. The molecule has 0 aliphatic carbocycles. The van der Waals surface area contributed by atoms with Crippen molar-refractivity contribution in [1.82, 2.24) is 10.3 Å². The molecule has 0 amide bonds. The Kier molecular flexibility index (Phi) is 9.15. The van der Waals surface area contributed by atoms with Crippen molar-refractivity contribution in [2.24, 2.45) is 0 Å². The molecule has 0 unspecified atom stereocenters. The lowest BCUT2D eigenvalue weighted by atomic mass is 10.3. The van der Waals surface area contributed by atoms with Crippen LogP contribution in [0.3, 0.4) is 0 Å². The molecule has 0 fully saturated rings. The molecule has 1 rings (SSSR count). The van der Waals surface area contributed by atoms with Gasteiger partial charge in [0.2, 0.25) is 0 Å². The van der Waals surface area contributed by atoms with Gasteiger partial charge in [0.15, 0.2) is 0 Å². The maximum absolute atomic E-state index is 5.53. The number of rotatable bonds is 11. The van der Waals surface area contributed by atoms with Crippen LogP contribution in [0.2, 0.25) is 0 Å². The Morgan fingerprint density at radius 1 is 1.05 bits per heavy atom. The smallest absolute Gasteiger partial charge is 0.0889 e. The minimum atomic E-state index is 0.459. The van der Waals surface area contributed by atoms with E-state index in [1.807, 2.05) is 18.2 Å². The summed E-state index contributed by atoms with van der Waals surface area (Å²) in [7, 11) is 1.66. The number of methoxy groups -OCH3 is 1. The fourth-order valence-corrected chi connectivity index (χ4v) is 1.56. The SMILES string of the molecule is COCCOCCOCc1cccc(CNC(C)C)n1. The third-order valence-electron chi connectivity index (χ3n) is 2.61. The number of ether oxygens (including phenoxy) is 3. The Labute approximate surface area is 121 Å². The van der Waals surface area contributed by atoms with Crippen LogP contribution in [-0.4, -0.2) is 44.6 Å². The molecule has 114 valence electrons. The van der Waals surface area contributed by atoms with Gasteiger partial charge in [-0.15, -0.1) is 0 Å². The van der Waals surface area contributed by atoms with Crippen LogP contribution in [0.25, 0.3) is 0 Å². The molecule has 5 nitrogen and oxygen atoms in total. The Morgan fingerprint density at radius 2 is 1.75 bits per heavy atom. The maximum atomic E-state index is 5.53. The highest BCUT2D eigenvalue weighted by atomic mass is 16.5. The molecule has 0 aromatic carbocycles. The molecule has 1 N–H and O–H groups in total. The molecular weight excluding hydrogens is 256 g/mol. The van der Waals surface area contributed by atoms with Crippen LogP contribution < -0.4 is 5.32 Å². The van der Waals surface area contributed by atoms with Gasteiger partial charge in [0.05, 0.1) is 44.4 Å². The second kappa shape index (κ2) is 10.7. The fraction of sp³-hybridized carbons (Fsp3) is 0.667. The summed E-state index contributed by atoms with van der Waals surface area (Å²) in [4.78, 5) is 4.54. The molecule has 0 radical (unpaired) electrons. The van der Waals surface area contributed by atoms with Crippen LogP contribution in [0.15, 0.2) is 18.2 Å². The Hall–Kier alpha value is -1.01. The molecule has 1 aromatic rings. The number of pyridine rings is 1. The normalized spacial score (nSPS) is 11.2. The van der Waals surface area contributed by atoms with Crippen molar-refractivity contribution in [3.05, 3.63) is 29.6 Å². The highest BCUT2D eigenvalue weighted by molar-refractivity contribution is 5.10. The highest BCUT2D eigenvalue weighted by Gasteiger charge is 2.00. The van der Waals surface area contributed by atoms with E-state index >= 15 is 0 Å². The van der Waals surface area contributed by atoms with Crippen molar-refractivity contribution in [2.45, 2.75) is 33.0 Å². The summed E-state index contributed by atoms with van der Waals surface area (Å²) < 4.78 is 15.7. The van der Waals surface area contributed by atoms with E-state index in [1.165, 1.54) is 0 Å². The van der Waals surface area contributed by atoms with Gasteiger partial charge in [-0.25, -0.2) is 0 Å². The van der Waals surface area contributed by atoms with Gasteiger partial charge in [-0.05, 0) is 12.1 Å². The number of hydrogen-bond acceptors (Lipinski definition) is 5. The minimum Gasteiger partial charge on any atom is -0.382 e. The van der Waals surface area contributed by atoms with Crippen LogP contribution in [0.4, 0.5) is 0 Å². The van der Waals surface area contributed by atoms with Gasteiger partial charge in [0.25, 0.3) is 0 Å². The van der Waals surface area contributed by atoms with Crippen molar-refractivity contribution in [3.63, 3.8) is 0 Å². The van der Waals surface area contributed by atoms with Crippen LogP contribution in [0.5, 0.6) is 0 Å². The quantitative estimate of drug-likeness (QED) is 0.627. The van der Waals surface area contributed by atoms with Crippen LogP contribution >= 0.6 is 0 Å². The molecule has 5 heteroatoms. The van der Waals surface area contributed by atoms with E-state index in [0.717, 1.165) is 17.9 Å². The van der Waals surface area contributed by atoms with Crippen LogP contribution in [-0.2, 0) is 27.4 Å². The van der Waals surface area contributed by atoms with Crippen molar-refractivity contribution < 1.29 is 14.2 Å². The zero-order chi connectivity index (χ0) is 14.6. The molecule has 0 aliphatic rings. The topological polar surface area (TPSA) is 52.6 Å². The molecule has 0 aliphatic heterocycles. The van der Waals surface area contributed by atoms with Gasteiger partial charge in [-0.1, -0.05) is 19.9 Å². The number of nitrogens with one attached hydrogen (secondary N) is 1. The van der Waals surface area contributed by atoms with E-state index in [1.54, 1.807) is 7.11 Å². The second-order valence-corrected chi connectivity index (χ2v) is 4.81. The fourth-order valence-electron chi connectivity index (χ4n) is 1.56. The van der Waals surface area contributed by atoms with Crippen molar-refractivity contribution >= 4 is 0 Å². The summed E-state index contributed by atoms with van der Waals surface area (Å²) in [6, 6.07) is 6.47. The summed E-state index contributed by atoms with van der Waals surface area (Å²) in [5, 5.41) is 3.35. The van der Waals surface area contributed by atoms with E-state index in [4.69, 9.17) is 14.2 Å². The third kappa shape index (κ3) is 8.22. The Morgan fingerprint density at radius 3 is 2.50 bits per heavy atom. The van der Waals surface area contributed by atoms with E-state index in [0.29, 0.717) is 39.1 Å². The number of nitrogens with zero attached hydrogens (tertiary/aromatic N) is 1. The lowest BCUT2D eigenvalue weighted by Crippen LogP contribution is -2.22. The standard InChI is InChI=1S/C15H26N2O3/c1-13(2)16-11-14-5-4-6-15(17-14)12-20-10-9-19-8-7-18-3/h4-6,13,16H,7-12H2,1-3H3. The van der Waals surface area contributed by atoms with Gasteiger partial charge in [0.1, 0.15) is 0 Å². The molecule has 0 spiro atoms. The average Bonchev–Trinajstić information content (AvgIpc) is 2.45.